The number of fused-ring (bicyclic) bond motifs is 2. The third kappa shape index (κ3) is 3.02. The molecule has 1 fully saturated rings. The van der Waals surface area contributed by atoms with Crippen molar-refractivity contribution >= 4 is 27.9 Å². The summed E-state index contributed by atoms with van der Waals surface area (Å²) in [5, 5.41) is 5.84. The Hall–Kier alpha value is -2.33. The molecule has 2 atom stereocenters. The first-order valence-corrected chi connectivity index (χ1v) is 10.1. The number of rotatable bonds is 3. The van der Waals surface area contributed by atoms with Gasteiger partial charge in [-0.1, -0.05) is 18.2 Å². The maximum Gasteiger partial charge on any atom is 0.137 e. The van der Waals surface area contributed by atoms with Crippen molar-refractivity contribution in [2.75, 3.05) is 50.5 Å². The predicted molar refractivity (Wildman–Crippen MR) is 114 cm³/mol. The number of nitrogens with zero attached hydrogens (tertiary/aromatic N) is 3. The minimum Gasteiger partial charge on any atom is -0.388 e. The second kappa shape index (κ2) is 6.68. The lowest BCUT2D eigenvalue weighted by molar-refractivity contribution is 0.353. The van der Waals surface area contributed by atoms with Crippen LogP contribution >= 0.6 is 0 Å². The van der Waals surface area contributed by atoms with Crippen LogP contribution in [0.15, 0.2) is 42.5 Å². The Morgan fingerprint density at radius 1 is 1.11 bits per heavy atom. The number of nitrogens with one attached hydrogen (secondary N) is 1. The normalized spacial score (nSPS) is 25.1. The summed E-state index contributed by atoms with van der Waals surface area (Å²) in [7, 11) is 4.17. The van der Waals surface area contributed by atoms with Crippen molar-refractivity contribution in [2.24, 2.45) is 11.8 Å². The van der Waals surface area contributed by atoms with Gasteiger partial charge in [0, 0.05) is 50.2 Å². The molecule has 2 aliphatic heterocycles. The van der Waals surface area contributed by atoms with Gasteiger partial charge in [-0.05, 0) is 61.0 Å². The van der Waals surface area contributed by atoms with Crippen LogP contribution in [0, 0.1) is 11.8 Å². The number of hydrogen-bond donors (Lipinski definition) is 1. The number of allylic oxidation sites excluding steroid dienone is 1. The number of anilines is 2. The maximum absolute atomic E-state index is 5.21. The lowest BCUT2D eigenvalue weighted by atomic mass is 9.77. The largest absolute Gasteiger partial charge is 0.388 e. The van der Waals surface area contributed by atoms with Crippen LogP contribution in [-0.2, 0) is 0 Å². The molecule has 3 aliphatic rings. The Bertz CT molecular complexity index is 929. The van der Waals surface area contributed by atoms with Gasteiger partial charge in [-0.2, -0.15) is 0 Å². The molecule has 0 amide bonds. The van der Waals surface area contributed by atoms with E-state index in [0.717, 1.165) is 49.9 Å². The van der Waals surface area contributed by atoms with Crippen LogP contribution in [-0.4, -0.2) is 50.2 Å². The molecule has 4 nitrogen and oxygen atoms in total. The van der Waals surface area contributed by atoms with Gasteiger partial charge in [-0.3, -0.25) is 0 Å². The summed E-state index contributed by atoms with van der Waals surface area (Å²) in [6, 6.07) is 8.94. The van der Waals surface area contributed by atoms with Crippen LogP contribution in [0.5, 0.6) is 0 Å². The molecular weight excluding hydrogens is 332 g/mol. The molecule has 0 spiro atoms. The summed E-state index contributed by atoms with van der Waals surface area (Å²) in [4.78, 5) is 10.1. The summed E-state index contributed by atoms with van der Waals surface area (Å²) in [5.74, 6) is 2.67. The van der Waals surface area contributed by atoms with Crippen LogP contribution in [0.3, 0.4) is 0 Å². The van der Waals surface area contributed by atoms with Crippen molar-refractivity contribution in [2.45, 2.75) is 12.8 Å². The average Bonchev–Trinajstić information content (AvgIpc) is 2.68. The molecule has 1 aromatic carbocycles. The number of pyridine rings is 1. The Balaban J connectivity index is 1.60. The molecule has 5 rings (SSSR count). The van der Waals surface area contributed by atoms with Crippen molar-refractivity contribution in [3.8, 4) is 0 Å². The van der Waals surface area contributed by atoms with Gasteiger partial charge >= 0.3 is 0 Å². The van der Waals surface area contributed by atoms with Gasteiger partial charge in [-0.15, -0.1) is 0 Å². The van der Waals surface area contributed by atoms with Gasteiger partial charge in [0.1, 0.15) is 5.82 Å². The molecule has 1 aliphatic carbocycles. The monoisotopic (exact) mass is 360 g/mol. The molecule has 3 heterocycles. The minimum absolute atomic E-state index is 0.707. The van der Waals surface area contributed by atoms with Gasteiger partial charge in [0.25, 0.3) is 0 Å². The predicted octanol–water partition coefficient (Wildman–Crippen LogP) is 4.01. The fourth-order valence-electron chi connectivity index (χ4n) is 4.58. The zero-order valence-electron chi connectivity index (χ0n) is 16.3. The summed E-state index contributed by atoms with van der Waals surface area (Å²) in [5.41, 5.74) is 3.71. The maximum atomic E-state index is 5.21. The highest BCUT2D eigenvalue weighted by Gasteiger charge is 2.32. The van der Waals surface area contributed by atoms with E-state index in [1.54, 1.807) is 0 Å². The fourth-order valence-corrected chi connectivity index (χ4v) is 4.58. The van der Waals surface area contributed by atoms with Crippen LogP contribution in [0.4, 0.5) is 11.5 Å². The Labute approximate surface area is 161 Å². The molecule has 27 heavy (non-hydrogen) atoms. The van der Waals surface area contributed by atoms with Crippen molar-refractivity contribution in [3.63, 3.8) is 0 Å². The van der Waals surface area contributed by atoms with Gasteiger partial charge in [0.05, 0.1) is 5.69 Å². The summed E-state index contributed by atoms with van der Waals surface area (Å²) < 4.78 is 0. The SMILES string of the molecule is CNc1ccc2c(N3CCC4C=CC4C3)nc(C3=CCN(C)CC3)cc2c1. The van der Waals surface area contributed by atoms with Crippen LogP contribution in [0.2, 0.25) is 0 Å². The zero-order chi connectivity index (χ0) is 18.4. The lowest BCUT2D eigenvalue weighted by Gasteiger charge is -2.41. The molecule has 2 aromatic rings. The van der Waals surface area contributed by atoms with E-state index < -0.39 is 0 Å². The molecule has 140 valence electrons. The van der Waals surface area contributed by atoms with Crippen LogP contribution in [0.25, 0.3) is 16.3 Å². The molecular formula is C23H28N4. The minimum atomic E-state index is 0.707. The highest BCUT2D eigenvalue weighted by atomic mass is 15.2. The first kappa shape index (κ1) is 16.8. The summed E-state index contributed by atoms with van der Waals surface area (Å²) in [6.07, 6.45) is 9.43. The van der Waals surface area contributed by atoms with Gasteiger partial charge < -0.3 is 15.1 Å². The number of benzene rings is 1. The van der Waals surface area contributed by atoms with Crippen molar-refractivity contribution in [3.05, 3.63) is 48.2 Å². The molecule has 2 unspecified atom stereocenters. The van der Waals surface area contributed by atoms with E-state index in [1.165, 1.54) is 28.6 Å². The fraction of sp³-hybridized carbons (Fsp3) is 0.435. The molecule has 0 saturated carbocycles. The highest BCUT2D eigenvalue weighted by Crippen LogP contribution is 2.38. The highest BCUT2D eigenvalue weighted by molar-refractivity contribution is 5.96. The lowest BCUT2D eigenvalue weighted by Crippen LogP contribution is -2.42. The Kier molecular flexibility index (Phi) is 4.16. The van der Waals surface area contributed by atoms with E-state index in [2.05, 4.69) is 64.7 Å². The zero-order valence-corrected chi connectivity index (χ0v) is 16.3. The van der Waals surface area contributed by atoms with Gasteiger partial charge in [0.2, 0.25) is 0 Å². The third-order valence-corrected chi connectivity index (χ3v) is 6.46. The van der Waals surface area contributed by atoms with Crippen LogP contribution < -0.4 is 10.2 Å². The molecule has 1 saturated heterocycles. The summed E-state index contributed by atoms with van der Waals surface area (Å²) >= 11 is 0. The quantitative estimate of drug-likeness (QED) is 0.838. The Morgan fingerprint density at radius 2 is 2.00 bits per heavy atom. The van der Waals surface area contributed by atoms with Gasteiger partial charge in [-0.25, -0.2) is 4.98 Å². The second-order valence-electron chi connectivity index (χ2n) is 8.21. The standard InChI is InChI=1S/C23H28N4/c1-24-20-5-6-21-19(13-20)14-22(17-7-10-26(2)11-8-17)25-23(21)27-12-9-16-3-4-18(16)15-27/h3-7,13-14,16,18,24H,8-12,15H2,1-2H3. The summed E-state index contributed by atoms with van der Waals surface area (Å²) in [6.45, 7) is 4.32. The van der Waals surface area contributed by atoms with Crippen molar-refractivity contribution in [1.29, 1.82) is 0 Å². The second-order valence-corrected chi connectivity index (χ2v) is 8.21. The van der Waals surface area contributed by atoms with E-state index in [-0.39, 0.29) is 0 Å². The third-order valence-electron chi connectivity index (χ3n) is 6.46. The van der Waals surface area contributed by atoms with E-state index in [1.807, 2.05) is 7.05 Å². The van der Waals surface area contributed by atoms with E-state index in [4.69, 9.17) is 4.98 Å². The van der Waals surface area contributed by atoms with Crippen molar-refractivity contribution < 1.29 is 0 Å². The van der Waals surface area contributed by atoms with Gasteiger partial charge in [0.15, 0.2) is 0 Å². The van der Waals surface area contributed by atoms with E-state index in [9.17, 15) is 0 Å². The molecule has 1 aromatic heterocycles. The molecule has 1 N–H and O–H groups in total. The van der Waals surface area contributed by atoms with Crippen LogP contribution in [0.1, 0.15) is 18.5 Å². The molecule has 0 radical (unpaired) electrons. The first-order valence-electron chi connectivity index (χ1n) is 10.1. The Morgan fingerprint density at radius 3 is 2.70 bits per heavy atom. The number of aromatic nitrogens is 1. The van der Waals surface area contributed by atoms with E-state index in [0.29, 0.717) is 5.92 Å². The topological polar surface area (TPSA) is 31.4 Å². The molecule has 0 bridgehead atoms. The van der Waals surface area contributed by atoms with Crippen molar-refractivity contribution in [1.82, 2.24) is 9.88 Å². The number of likely N-dealkylation sites (N-methyl/N-ethyl adjacent to an activating group) is 1. The van der Waals surface area contributed by atoms with E-state index >= 15 is 0 Å². The first-order chi connectivity index (χ1) is 13.2. The number of piperidine rings is 1. The smallest absolute Gasteiger partial charge is 0.137 e. The average molecular weight is 361 g/mol. The number of hydrogen-bond acceptors (Lipinski definition) is 4. The molecule has 4 heteroatoms.